The van der Waals surface area contributed by atoms with Crippen LogP contribution in [0.4, 0.5) is 10.1 Å². The van der Waals surface area contributed by atoms with Gasteiger partial charge in [-0.3, -0.25) is 4.79 Å². The van der Waals surface area contributed by atoms with Crippen molar-refractivity contribution in [3.8, 4) is 0 Å². The van der Waals surface area contributed by atoms with Gasteiger partial charge in [0, 0.05) is 17.5 Å². The van der Waals surface area contributed by atoms with Gasteiger partial charge in [0.15, 0.2) is 5.16 Å². The van der Waals surface area contributed by atoms with Gasteiger partial charge in [-0.1, -0.05) is 17.8 Å². The van der Waals surface area contributed by atoms with Crippen LogP contribution < -0.4 is 11.3 Å². The van der Waals surface area contributed by atoms with Crippen molar-refractivity contribution in [1.82, 2.24) is 9.97 Å². The monoisotopic (exact) mass is 265 g/mol. The molecule has 0 spiro atoms. The Kier molecular flexibility index (Phi) is 3.66. The average molecular weight is 265 g/mol. The summed E-state index contributed by atoms with van der Waals surface area (Å²) in [6.07, 6.45) is 0. The van der Waals surface area contributed by atoms with Gasteiger partial charge in [-0.2, -0.15) is 0 Å². The van der Waals surface area contributed by atoms with Gasteiger partial charge in [0.25, 0.3) is 5.56 Å². The molecule has 18 heavy (non-hydrogen) atoms. The second-order valence-corrected chi connectivity index (χ2v) is 4.80. The molecule has 0 aliphatic carbocycles. The number of nitrogen functional groups attached to an aromatic ring is 1. The summed E-state index contributed by atoms with van der Waals surface area (Å²) in [4.78, 5) is 18.0. The van der Waals surface area contributed by atoms with E-state index in [0.29, 0.717) is 16.6 Å². The van der Waals surface area contributed by atoms with Crippen LogP contribution in [0.5, 0.6) is 0 Å². The highest BCUT2D eigenvalue weighted by molar-refractivity contribution is 7.98. The molecule has 0 bridgehead atoms. The van der Waals surface area contributed by atoms with E-state index in [2.05, 4.69) is 9.97 Å². The highest BCUT2D eigenvalue weighted by atomic mass is 32.2. The molecule has 2 rings (SSSR count). The molecule has 6 heteroatoms. The summed E-state index contributed by atoms with van der Waals surface area (Å²) >= 11 is 1.34. The maximum absolute atomic E-state index is 13.2. The molecule has 2 aromatic rings. The zero-order chi connectivity index (χ0) is 13.1. The number of hydrogen-bond acceptors (Lipinski definition) is 4. The Morgan fingerprint density at radius 3 is 2.89 bits per heavy atom. The van der Waals surface area contributed by atoms with Crippen LogP contribution in [-0.2, 0) is 5.75 Å². The van der Waals surface area contributed by atoms with E-state index in [-0.39, 0.29) is 11.2 Å². The number of aryl methyl sites for hydroxylation is 1. The van der Waals surface area contributed by atoms with E-state index < -0.39 is 5.82 Å². The number of H-pyrrole nitrogens is 1. The van der Waals surface area contributed by atoms with Crippen LogP contribution in [0.2, 0.25) is 0 Å². The van der Waals surface area contributed by atoms with E-state index in [1.807, 2.05) is 0 Å². The molecule has 1 heterocycles. The first-order valence-corrected chi connectivity index (χ1v) is 6.28. The van der Waals surface area contributed by atoms with Crippen molar-refractivity contribution in [2.75, 3.05) is 5.73 Å². The molecule has 0 aliphatic rings. The van der Waals surface area contributed by atoms with Crippen LogP contribution in [0.15, 0.2) is 34.2 Å². The minimum absolute atomic E-state index is 0.130. The number of halogens is 1. The van der Waals surface area contributed by atoms with Crippen molar-refractivity contribution in [2.45, 2.75) is 17.8 Å². The average Bonchev–Trinajstić information content (AvgIpc) is 2.29. The van der Waals surface area contributed by atoms with Crippen molar-refractivity contribution in [3.63, 3.8) is 0 Å². The number of hydrogen-bond donors (Lipinski definition) is 2. The van der Waals surface area contributed by atoms with Gasteiger partial charge in [0.2, 0.25) is 0 Å². The molecular weight excluding hydrogens is 253 g/mol. The number of benzene rings is 1. The Morgan fingerprint density at radius 2 is 2.22 bits per heavy atom. The fourth-order valence-corrected chi connectivity index (χ4v) is 2.30. The predicted octanol–water partition coefficient (Wildman–Crippen LogP) is 2.09. The fourth-order valence-electron chi connectivity index (χ4n) is 1.43. The molecule has 0 unspecified atom stereocenters. The van der Waals surface area contributed by atoms with Gasteiger partial charge in [0.1, 0.15) is 5.82 Å². The van der Waals surface area contributed by atoms with Crippen molar-refractivity contribution in [1.29, 1.82) is 0 Å². The quantitative estimate of drug-likeness (QED) is 0.506. The number of anilines is 1. The lowest BCUT2D eigenvalue weighted by Crippen LogP contribution is -2.08. The first kappa shape index (κ1) is 12.6. The number of thioether (sulfide) groups is 1. The van der Waals surface area contributed by atoms with E-state index in [4.69, 9.17) is 5.73 Å². The number of nitrogens with zero attached hydrogens (tertiary/aromatic N) is 1. The Labute approximate surface area is 107 Å². The summed E-state index contributed by atoms with van der Waals surface area (Å²) in [5.74, 6) is 0.0858. The Morgan fingerprint density at radius 1 is 1.44 bits per heavy atom. The molecule has 0 atom stereocenters. The summed E-state index contributed by atoms with van der Waals surface area (Å²) in [5, 5.41) is 0.525. The van der Waals surface area contributed by atoms with Crippen LogP contribution >= 0.6 is 11.8 Å². The lowest BCUT2D eigenvalue weighted by Gasteiger charge is -2.03. The smallest absolute Gasteiger partial charge is 0.251 e. The molecule has 94 valence electrons. The van der Waals surface area contributed by atoms with Crippen molar-refractivity contribution < 1.29 is 4.39 Å². The van der Waals surface area contributed by atoms with E-state index in [1.54, 1.807) is 13.0 Å². The van der Waals surface area contributed by atoms with Gasteiger partial charge in [0.05, 0.1) is 5.69 Å². The standard InChI is InChI=1S/C12H12FN3OS/c1-7-4-11(17)16-12(15-7)18-6-8-2-3-10(14)9(13)5-8/h2-5H,6,14H2,1H3,(H,15,16,17). The SMILES string of the molecule is Cc1cc(=O)[nH]c(SCc2ccc(N)c(F)c2)n1. The van der Waals surface area contributed by atoms with Crippen LogP contribution in [0.25, 0.3) is 0 Å². The van der Waals surface area contributed by atoms with Gasteiger partial charge >= 0.3 is 0 Å². The highest BCUT2D eigenvalue weighted by Gasteiger charge is 2.03. The van der Waals surface area contributed by atoms with Crippen molar-refractivity contribution in [2.24, 2.45) is 0 Å². The Bertz CT molecular complexity index is 627. The lowest BCUT2D eigenvalue weighted by atomic mass is 10.2. The van der Waals surface area contributed by atoms with Crippen molar-refractivity contribution >= 4 is 17.4 Å². The normalized spacial score (nSPS) is 10.6. The summed E-state index contributed by atoms with van der Waals surface area (Å²) in [6, 6.07) is 6.08. The van der Waals surface area contributed by atoms with Crippen LogP contribution in [0.1, 0.15) is 11.3 Å². The summed E-state index contributed by atoms with van der Waals surface area (Å²) in [6.45, 7) is 1.75. The molecule has 4 nitrogen and oxygen atoms in total. The second kappa shape index (κ2) is 5.22. The Balaban J connectivity index is 2.11. The first-order chi connectivity index (χ1) is 8.54. The molecule has 1 aromatic heterocycles. The summed E-state index contributed by atoms with van der Waals surface area (Å²) < 4.78 is 13.2. The molecular formula is C12H12FN3OS. The fraction of sp³-hybridized carbons (Fsp3) is 0.167. The molecule has 1 aromatic carbocycles. The van der Waals surface area contributed by atoms with Gasteiger partial charge in [-0.15, -0.1) is 0 Å². The zero-order valence-electron chi connectivity index (χ0n) is 9.74. The van der Waals surface area contributed by atoms with E-state index in [0.717, 1.165) is 5.56 Å². The summed E-state index contributed by atoms with van der Waals surface area (Å²) in [7, 11) is 0. The third-order valence-corrected chi connectivity index (χ3v) is 3.23. The number of aromatic amines is 1. The molecule has 0 fully saturated rings. The van der Waals surface area contributed by atoms with E-state index >= 15 is 0 Å². The molecule has 0 amide bonds. The maximum atomic E-state index is 13.2. The number of nitrogens with one attached hydrogen (secondary N) is 1. The van der Waals surface area contributed by atoms with Crippen LogP contribution in [0.3, 0.4) is 0 Å². The van der Waals surface area contributed by atoms with Crippen molar-refractivity contribution in [3.05, 3.63) is 51.7 Å². The van der Waals surface area contributed by atoms with Gasteiger partial charge < -0.3 is 10.7 Å². The van der Waals surface area contributed by atoms with Gasteiger partial charge in [-0.25, -0.2) is 9.37 Å². The number of nitrogens with two attached hydrogens (primary N) is 1. The topological polar surface area (TPSA) is 71.8 Å². The molecule has 3 N–H and O–H groups in total. The zero-order valence-corrected chi connectivity index (χ0v) is 10.6. The van der Waals surface area contributed by atoms with E-state index in [9.17, 15) is 9.18 Å². The minimum Gasteiger partial charge on any atom is -0.396 e. The second-order valence-electron chi connectivity index (χ2n) is 3.84. The van der Waals surface area contributed by atoms with E-state index in [1.165, 1.54) is 30.0 Å². The highest BCUT2D eigenvalue weighted by Crippen LogP contribution is 2.20. The predicted molar refractivity (Wildman–Crippen MR) is 70.0 cm³/mol. The third kappa shape index (κ3) is 3.10. The lowest BCUT2D eigenvalue weighted by molar-refractivity contribution is 0.631. The first-order valence-electron chi connectivity index (χ1n) is 5.29. The number of rotatable bonds is 3. The van der Waals surface area contributed by atoms with Gasteiger partial charge in [-0.05, 0) is 24.6 Å². The summed E-state index contributed by atoms with van der Waals surface area (Å²) in [5.41, 5.74) is 6.78. The molecule has 0 radical (unpaired) electrons. The molecule has 0 saturated carbocycles. The minimum atomic E-state index is -0.432. The van der Waals surface area contributed by atoms with Crippen LogP contribution in [-0.4, -0.2) is 9.97 Å². The third-order valence-electron chi connectivity index (χ3n) is 2.29. The Hall–Kier alpha value is -1.82. The molecule has 0 aliphatic heterocycles. The maximum Gasteiger partial charge on any atom is 0.251 e. The molecule has 0 saturated heterocycles. The van der Waals surface area contributed by atoms with Crippen LogP contribution in [0, 0.1) is 12.7 Å². The largest absolute Gasteiger partial charge is 0.396 e. The number of aromatic nitrogens is 2.